The van der Waals surface area contributed by atoms with Crippen molar-refractivity contribution in [1.82, 2.24) is 5.16 Å². The summed E-state index contributed by atoms with van der Waals surface area (Å²) in [5, 5.41) is 24.2. The van der Waals surface area contributed by atoms with Gasteiger partial charge in [-0.3, -0.25) is 0 Å². The standard InChI is InChI=1S/C18H17NO4/c1-3-11-8-13(16(21)9-17(11)22-2)18-14(10-19-23-18)12-6-4-5-7-15(12)20/h4-10,20-21H,3H2,1-2H3. The fourth-order valence-electron chi connectivity index (χ4n) is 2.59. The van der Waals surface area contributed by atoms with Crippen LogP contribution in [0.2, 0.25) is 0 Å². The lowest BCUT2D eigenvalue weighted by Gasteiger charge is -2.11. The Hall–Kier alpha value is -2.95. The average molecular weight is 311 g/mol. The molecular formula is C18H17NO4. The first-order valence-electron chi connectivity index (χ1n) is 7.29. The zero-order chi connectivity index (χ0) is 16.4. The van der Waals surface area contributed by atoms with E-state index >= 15 is 0 Å². The van der Waals surface area contributed by atoms with E-state index in [0.717, 1.165) is 12.0 Å². The van der Waals surface area contributed by atoms with Gasteiger partial charge in [0.25, 0.3) is 0 Å². The first-order chi connectivity index (χ1) is 11.2. The number of phenolic OH excluding ortho intramolecular Hbond substituents is 2. The smallest absolute Gasteiger partial charge is 0.178 e. The SMILES string of the molecule is CCc1cc(-c2oncc2-c2ccccc2O)c(O)cc1OC. The van der Waals surface area contributed by atoms with E-state index in [-0.39, 0.29) is 11.5 Å². The predicted molar refractivity (Wildman–Crippen MR) is 86.6 cm³/mol. The lowest BCUT2D eigenvalue weighted by molar-refractivity contribution is 0.401. The minimum atomic E-state index is 0.0347. The second kappa shape index (κ2) is 6.04. The second-order valence-corrected chi connectivity index (χ2v) is 5.12. The van der Waals surface area contributed by atoms with Gasteiger partial charge in [0.15, 0.2) is 5.76 Å². The molecule has 2 N–H and O–H groups in total. The van der Waals surface area contributed by atoms with Gasteiger partial charge in [0, 0.05) is 11.6 Å². The van der Waals surface area contributed by atoms with Crippen LogP contribution in [0.3, 0.4) is 0 Å². The molecule has 3 rings (SSSR count). The molecule has 0 fully saturated rings. The summed E-state index contributed by atoms with van der Waals surface area (Å²) in [7, 11) is 1.56. The molecule has 5 nitrogen and oxygen atoms in total. The van der Waals surface area contributed by atoms with Crippen molar-refractivity contribution in [2.24, 2.45) is 0 Å². The number of ether oxygens (including phenoxy) is 1. The molecule has 23 heavy (non-hydrogen) atoms. The first kappa shape index (κ1) is 15.0. The van der Waals surface area contributed by atoms with Crippen LogP contribution in [0.5, 0.6) is 17.2 Å². The van der Waals surface area contributed by atoms with Crippen molar-refractivity contribution in [2.45, 2.75) is 13.3 Å². The summed E-state index contributed by atoms with van der Waals surface area (Å²) in [6, 6.07) is 10.3. The van der Waals surface area contributed by atoms with E-state index in [0.29, 0.717) is 28.2 Å². The summed E-state index contributed by atoms with van der Waals surface area (Å²) >= 11 is 0. The number of phenols is 2. The topological polar surface area (TPSA) is 75.7 Å². The number of hydrogen-bond donors (Lipinski definition) is 2. The second-order valence-electron chi connectivity index (χ2n) is 5.12. The van der Waals surface area contributed by atoms with E-state index in [1.807, 2.05) is 19.1 Å². The molecule has 1 heterocycles. The Morgan fingerprint density at radius 2 is 1.83 bits per heavy atom. The third-order valence-corrected chi connectivity index (χ3v) is 3.79. The van der Waals surface area contributed by atoms with Crippen molar-refractivity contribution in [1.29, 1.82) is 0 Å². The Morgan fingerprint density at radius 1 is 1.04 bits per heavy atom. The Labute approximate surface area is 133 Å². The van der Waals surface area contributed by atoms with Gasteiger partial charge in [0.05, 0.1) is 24.4 Å². The number of benzene rings is 2. The number of para-hydroxylation sites is 1. The zero-order valence-corrected chi connectivity index (χ0v) is 12.9. The van der Waals surface area contributed by atoms with E-state index in [1.165, 1.54) is 6.20 Å². The minimum absolute atomic E-state index is 0.0347. The predicted octanol–water partition coefficient (Wildman–Crippen LogP) is 3.99. The molecule has 0 spiro atoms. The van der Waals surface area contributed by atoms with Gasteiger partial charge < -0.3 is 19.5 Å². The third kappa shape index (κ3) is 2.61. The lowest BCUT2D eigenvalue weighted by atomic mass is 9.98. The summed E-state index contributed by atoms with van der Waals surface area (Å²) in [6.45, 7) is 2.00. The van der Waals surface area contributed by atoms with Crippen LogP contribution in [0.25, 0.3) is 22.5 Å². The van der Waals surface area contributed by atoms with E-state index in [4.69, 9.17) is 9.26 Å². The van der Waals surface area contributed by atoms with E-state index < -0.39 is 0 Å². The summed E-state index contributed by atoms with van der Waals surface area (Å²) in [4.78, 5) is 0. The fourth-order valence-corrected chi connectivity index (χ4v) is 2.59. The highest BCUT2D eigenvalue weighted by Gasteiger charge is 2.20. The van der Waals surface area contributed by atoms with Gasteiger partial charge in [0.2, 0.25) is 0 Å². The van der Waals surface area contributed by atoms with Crippen LogP contribution in [0.15, 0.2) is 47.1 Å². The van der Waals surface area contributed by atoms with Gasteiger partial charge >= 0.3 is 0 Å². The van der Waals surface area contributed by atoms with Crippen molar-refractivity contribution < 1.29 is 19.5 Å². The number of aryl methyl sites for hydroxylation is 1. The van der Waals surface area contributed by atoms with Crippen molar-refractivity contribution in [3.05, 3.63) is 48.2 Å². The third-order valence-electron chi connectivity index (χ3n) is 3.79. The van der Waals surface area contributed by atoms with Crippen LogP contribution in [-0.4, -0.2) is 22.5 Å². The molecule has 5 heteroatoms. The van der Waals surface area contributed by atoms with Gasteiger partial charge in [0.1, 0.15) is 17.2 Å². The number of hydrogen-bond acceptors (Lipinski definition) is 5. The molecule has 0 saturated heterocycles. The molecule has 0 bridgehead atoms. The molecule has 0 aliphatic carbocycles. The van der Waals surface area contributed by atoms with Crippen molar-refractivity contribution in [3.63, 3.8) is 0 Å². The van der Waals surface area contributed by atoms with Gasteiger partial charge in [-0.05, 0) is 24.1 Å². The van der Waals surface area contributed by atoms with E-state index in [1.54, 1.807) is 31.4 Å². The largest absolute Gasteiger partial charge is 0.507 e. The molecular weight excluding hydrogens is 294 g/mol. The molecule has 0 radical (unpaired) electrons. The van der Waals surface area contributed by atoms with Gasteiger partial charge in [-0.15, -0.1) is 0 Å². The highest BCUT2D eigenvalue weighted by atomic mass is 16.5. The maximum Gasteiger partial charge on any atom is 0.178 e. The van der Waals surface area contributed by atoms with E-state index in [9.17, 15) is 10.2 Å². The number of nitrogens with zero attached hydrogens (tertiary/aromatic N) is 1. The molecule has 3 aromatic rings. The van der Waals surface area contributed by atoms with Gasteiger partial charge in [-0.25, -0.2) is 0 Å². The minimum Gasteiger partial charge on any atom is -0.507 e. The molecule has 0 saturated carbocycles. The van der Waals surface area contributed by atoms with E-state index in [2.05, 4.69) is 5.16 Å². The molecule has 1 aromatic heterocycles. The lowest BCUT2D eigenvalue weighted by Crippen LogP contribution is -1.92. The Kier molecular flexibility index (Phi) is 3.93. The van der Waals surface area contributed by atoms with Crippen LogP contribution in [0, 0.1) is 0 Å². The highest BCUT2D eigenvalue weighted by Crippen LogP contribution is 2.42. The van der Waals surface area contributed by atoms with Gasteiger partial charge in [-0.2, -0.15) is 0 Å². The Bertz CT molecular complexity index is 839. The quantitative estimate of drug-likeness (QED) is 0.762. The maximum atomic E-state index is 10.3. The number of aromatic nitrogens is 1. The first-order valence-corrected chi connectivity index (χ1v) is 7.29. The summed E-state index contributed by atoms with van der Waals surface area (Å²) in [6.07, 6.45) is 2.27. The summed E-state index contributed by atoms with van der Waals surface area (Å²) < 4.78 is 10.6. The summed E-state index contributed by atoms with van der Waals surface area (Å²) in [5.74, 6) is 1.19. The summed E-state index contributed by atoms with van der Waals surface area (Å²) in [5.41, 5.74) is 2.67. The number of aromatic hydroxyl groups is 2. The Balaban J connectivity index is 2.18. The number of rotatable bonds is 4. The van der Waals surface area contributed by atoms with Crippen LogP contribution in [0.4, 0.5) is 0 Å². The van der Waals surface area contributed by atoms with Crippen molar-refractivity contribution >= 4 is 0 Å². The molecule has 0 aliphatic heterocycles. The zero-order valence-electron chi connectivity index (χ0n) is 12.9. The normalized spacial score (nSPS) is 10.7. The van der Waals surface area contributed by atoms with Crippen molar-refractivity contribution in [2.75, 3.05) is 7.11 Å². The molecule has 118 valence electrons. The van der Waals surface area contributed by atoms with Crippen molar-refractivity contribution in [3.8, 4) is 39.7 Å². The molecule has 2 aromatic carbocycles. The van der Waals surface area contributed by atoms with Crippen LogP contribution < -0.4 is 4.74 Å². The number of methoxy groups -OCH3 is 1. The van der Waals surface area contributed by atoms with Crippen LogP contribution in [-0.2, 0) is 6.42 Å². The van der Waals surface area contributed by atoms with Crippen LogP contribution >= 0.6 is 0 Å². The van der Waals surface area contributed by atoms with Crippen LogP contribution in [0.1, 0.15) is 12.5 Å². The fraction of sp³-hybridized carbons (Fsp3) is 0.167. The molecule has 0 atom stereocenters. The molecule has 0 amide bonds. The Morgan fingerprint density at radius 3 is 2.52 bits per heavy atom. The maximum absolute atomic E-state index is 10.3. The highest BCUT2D eigenvalue weighted by molar-refractivity contribution is 5.84. The average Bonchev–Trinajstić information content (AvgIpc) is 3.04. The van der Waals surface area contributed by atoms with Gasteiger partial charge in [-0.1, -0.05) is 30.3 Å². The molecule has 0 aliphatic rings. The molecule has 0 unspecified atom stereocenters. The monoisotopic (exact) mass is 311 g/mol.